The maximum atomic E-state index is 8.92. The van der Waals surface area contributed by atoms with Gasteiger partial charge in [-0.3, -0.25) is 0 Å². The van der Waals surface area contributed by atoms with Gasteiger partial charge in [-0.15, -0.1) is 0 Å². The van der Waals surface area contributed by atoms with Gasteiger partial charge in [-0.05, 0) is 32.3 Å². The van der Waals surface area contributed by atoms with Crippen LogP contribution in [-0.4, -0.2) is 24.3 Å². The number of aromatic nitrogens is 1. The van der Waals surface area contributed by atoms with Crippen molar-refractivity contribution in [3.63, 3.8) is 0 Å². The van der Waals surface area contributed by atoms with Crippen molar-refractivity contribution in [3.8, 4) is 11.9 Å². The van der Waals surface area contributed by atoms with Gasteiger partial charge < -0.3 is 9.47 Å². The molecule has 0 bridgehead atoms. The van der Waals surface area contributed by atoms with Crippen LogP contribution in [0.4, 0.5) is 0 Å². The highest BCUT2D eigenvalue weighted by atomic mass is 16.5. The SMILES string of the molecule is COC1CCCC(Oc2cc(C#N)cc(C)n2)C1. The Hall–Kier alpha value is -1.60. The monoisotopic (exact) mass is 246 g/mol. The van der Waals surface area contributed by atoms with Crippen LogP contribution in [0.25, 0.3) is 0 Å². The molecule has 0 aromatic carbocycles. The molecule has 96 valence electrons. The summed E-state index contributed by atoms with van der Waals surface area (Å²) in [6.45, 7) is 1.87. The molecule has 0 saturated heterocycles. The lowest BCUT2D eigenvalue weighted by Crippen LogP contribution is -2.29. The normalized spacial score (nSPS) is 23.4. The van der Waals surface area contributed by atoms with Gasteiger partial charge in [-0.25, -0.2) is 4.98 Å². The van der Waals surface area contributed by atoms with Crippen molar-refractivity contribution in [1.29, 1.82) is 5.26 Å². The molecule has 2 unspecified atom stereocenters. The summed E-state index contributed by atoms with van der Waals surface area (Å²) in [6, 6.07) is 5.57. The Bertz CT molecular complexity index is 454. The topological polar surface area (TPSA) is 55.1 Å². The van der Waals surface area contributed by atoms with Gasteiger partial charge >= 0.3 is 0 Å². The average Bonchev–Trinajstić information content (AvgIpc) is 2.38. The molecule has 1 saturated carbocycles. The minimum Gasteiger partial charge on any atom is -0.474 e. The molecule has 18 heavy (non-hydrogen) atoms. The molecule has 1 aliphatic carbocycles. The van der Waals surface area contributed by atoms with Gasteiger partial charge in [0.05, 0.1) is 17.7 Å². The van der Waals surface area contributed by atoms with Gasteiger partial charge in [0, 0.05) is 25.3 Å². The largest absolute Gasteiger partial charge is 0.474 e. The summed E-state index contributed by atoms with van der Waals surface area (Å²) in [5.74, 6) is 0.549. The Morgan fingerprint density at radius 2 is 2.11 bits per heavy atom. The second-order valence-corrected chi connectivity index (χ2v) is 4.71. The molecule has 4 heteroatoms. The third-order valence-electron chi connectivity index (χ3n) is 3.26. The van der Waals surface area contributed by atoms with Crippen LogP contribution in [0.1, 0.15) is 36.9 Å². The first-order chi connectivity index (χ1) is 8.71. The first-order valence-electron chi connectivity index (χ1n) is 6.29. The molecular weight excluding hydrogens is 228 g/mol. The summed E-state index contributed by atoms with van der Waals surface area (Å²) < 4.78 is 11.2. The van der Waals surface area contributed by atoms with E-state index in [1.807, 2.05) is 6.92 Å². The zero-order valence-corrected chi connectivity index (χ0v) is 10.8. The highest BCUT2D eigenvalue weighted by Crippen LogP contribution is 2.25. The number of methoxy groups -OCH3 is 1. The number of hydrogen-bond donors (Lipinski definition) is 0. The second-order valence-electron chi connectivity index (χ2n) is 4.71. The van der Waals surface area contributed by atoms with Crippen LogP contribution in [0, 0.1) is 18.3 Å². The summed E-state index contributed by atoms with van der Waals surface area (Å²) in [4.78, 5) is 4.31. The molecule has 0 spiro atoms. The molecule has 0 amide bonds. The summed E-state index contributed by atoms with van der Waals surface area (Å²) in [6.07, 6.45) is 4.56. The molecule has 4 nitrogen and oxygen atoms in total. The van der Waals surface area contributed by atoms with Gasteiger partial charge in [-0.2, -0.15) is 5.26 Å². The quantitative estimate of drug-likeness (QED) is 0.822. The Labute approximate surface area is 108 Å². The standard InChI is InChI=1S/C14H18N2O2/c1-10-6-11(9-15)7-14(16-10)18-13-5-3-4-12(8-13)17-2/h6-7,12-13H,3-5,8H2,1-2H3. The van der Waals surface area contributed by atoms with Crippen LogP contribution in [0.5, 0.6) is 5.88 Å². The Kier molecular flexibility index (Phi) is 4.16. The zero-order chi connectivity index (χ0) is 13.0. The molecule has 1 aromatic rings. The van der Waals surface area contributed by atoms with E-state index in [9.17, 15) is 0 Å². The van der Waals surface area contributed by atoms with E-state index < -0.39 is 0 Å². The first kappa shape index (κ1) is 12.8. The van der Waals surface area contributed by atoms with Gasteiger partial charge in [0.25, 0.3) is 0 Å². The Morgan fingerprint density at radius 1 is 1.33 bits per heavy atom. The molecule has 1 aliphatic rings. The number of hydrogen-bond acceptors (Lipinski definition) is 4. The fourth-order valence-corrected chi connectivity index (χ4v) is 2.36. The predicted molar refractivity (Wildman–Crippen MR) is 67.4 cm³/mol. The van der Waals surface area contributed by atoms with Crippen LogP contribution in [0.2, 0.25) is 0 Å². The number of pyridine rings is 1. The smallest absolute Gasteiger partial charge is 0.215 e. The van der Waals surface area contributed by atoms with E-state index in [1.165, 1.54) is 0 Å². The van der Waals surface area contributed by atoms with Gasteiger partial charge in [0.15, 0.2) is 0 Å². The van der Waals surface area contributed by atoms with Crippen molar-refractivity contribution in [3.05, 3.63) is 23.4 Å². The van der Waals surface area contributed by atoms with E-state index in [4.69, 9.17) is 14.7 Å². The summed E-state index contributed by atoms with van der Waals surface area (Å²) >= 11 is 0. The van der Waals surface area contributed by atoms with Crippen molar-refractivity contribution in [1.82, 2.24) is 4.98 Å². The molecule has 0 aliphatic heterocycles. The predicted octanol–water partition coefficient (Wildman–Crippen LogP) is 2.60. The van der Waals surface area contributed by atoms with Crippen LogP contribution in [0.3, 0.4) is 0 Å². The summed E-state index contributed by atoms with van der Waals surface area (Å²) in [5, 5.41) is 8.92. The Morgan fingerprint density at radius 3 is 2.83 bits per heavy atom. The van der Waals surface area contributed by atoms with Crippen LogP contribution >= 0.6 is 0 Å². The third-order valence-corrected chi connectivity index (χ3v) is 3.26. The van der Waals surface area contributed by atoms with E-state index in [2.05, 4.69) is 11.1 Å². The van der Waals surface area contributed by atoms with E-state index in [1.54, 1.807) is 19.2 Å². The van der Waals surface area contributed by atoms with E-state index in [0.717, 1.165) is 31.4 Å². The van der Waals surface area contributed by atoms with Crippen LogP contribution in [-0.2, 0) is 4.74 Å². The minimum atomic E-state index is 0.143. The number of rotatable bonds is 3. The lowest BCUT2D eigenvalue weighted by Gasteiger charge is -2.28. The molecule has 2 atom stereocenters. The van der Waals surface area contributed by atoms with Crippen molar-refractivity contribution in [2.75, 3.05) is 7.11 Å². The highest BCUT2D eigenvalue weighted by molar-refractivity contribution is 5.34. The summed E-state index contributed by atoms with van der Waals surface area (Å²) in [7, 11) is 1.74. The van der Waals surface area contributed by atoms with E-state index >= 15 is 0 Å². The maximum absolute atomic E-state index is 8.92. The molecule has 1 aromatic heterocycles. The number of aryl methyl sites for hydroxylation is 1. The van der Waals surface area contributed by atoms with Gasteiger partial charge in [0.1, 0.15) is 6.10 Å². The zero-order valence-electron chi connectivity index (χ0n) is 10.8. The number of ether oxygens (including phenoxy) is 2. The van der Waals surface area contributed by atoms with Crippen molar-refractivity contribution < 1.29 is 9.47 Å². The molecule has 1 fully saturated rings. The molecular formula is C14H18N2O2. The fraction of sp³-hybridized carbons (Fsp3) is 0.571. The van der Waals surface area contributed by atoms with Crippen LogP contribution < -0.4 is 4.74 Å². The van der Waals surface area contributed by atoms with Crippen LogP contribution in [0.15, 0.2) is 12.1 Å². The second kappa shape index (κ2) is 5.83. The average molecular weight is 246 g/mol. The lowest BCUT2D eigenvalue weighted by atomic mass is 9.95. The van der Waals surface area contributed by atoms with Gasteiger partial charge in [-0.1, -0.05) is 0 Å². The maximum Gasteiger partial charge on any atom is 0.215 e. The van der Waals surface area contributed by atoms with Crippen molar-refractivity contribution in [2.45, 2.75) is 44.8 Å². The van der Waals surface area contributed by atoms with E-state index in [0.29, 0.717) is 11.4 Å². The van der Waals surface area contributed by atoms with Crippen molar-refractivity contribution in [2.24, 2.45) is 0 Å². The first-order valence-corrected chi connectivity index (χ1v) is 6.29. The van der Waals surface area contributed by atoms with Crippen molar-refractivity contribution >= 4 is 0 Å². The Balaban J connectivity index is 2.05. The number of nitriles is 1. The number of nitrogens with zero attached hydrogens (tertiary/aromatic N) is 2. The lowest BCUT2D eigenvalue weighted by molar-refractivity contribution is 0.0195. The molecule has 0 N–H and O–H groups in total. The summed E-state index contributed by atoms with van der Waals surface area (Å²) in [5.41, 5.74) is 1.40. The highest BCUT2D eigenvalue weighted by Gasteiger charge is 2.23. The van der Waals surface area contributed by atoms with E-state index in [-0.39, 0.29) is 12.2 Å². The molecule has 2 rings (SSSR count). The minimum absolute atomic E-state index is 0.143. The third kappa shape index (κ3) is 3.21. The molecule has 1 heterocycles. The fourth-order valence-electron chi connectivity index (χ4n) is 2.36. The van der Waals surface area contributed by atoms with Gasteiger partial charge in [0.2, 0.25) is 5.88 Å². The molecule has 0 radical (unpaired) electrons.